The van der Waals surface area contributed by atoms with Crippen molar-refractivity contribution < 1.29 is 64.5 Å². The molecule has 0 aromatic carbocycles. The van der Waals surface area contributed by atoms with Crippen LogP contribution in [0.3, 0.4) is 0 Å². The third kappa shape index (κ3) is 4.85. The molecule has 0 saturated heterocycles. The average Bonchev–Trinajstić information content (AvgIpc) is 2.39. The molecule has 23 heavy (non-hydrogen) atoms. The van der Waals surface area contributed by atoms with Crippen molar-refractivity contribution in [2.75, 3.05) is 6.73 Å². The highest BCUT2D eigenvalue weighted by atomic mass is 31.2. The summed E-state index contributed by atoms with van der Waals surface area (Å²) in [7, 11) is -5.33. The van der Waals surface area contributed by atoms with E-state index in [1.54, 1.807) is 0 Å². The van der Waals surface area contributed by atoms with Crippen LogP contribution < -0.4 is 5.32 Å². The molecule has 3 unspecified atom stereocenters. The van der Waals surface area contributed by atoms with E-state index in [0.29, 0.717) is 0 Å². The zero-order valence-corrected chi connectivity index (χ0v) is 12.1. The van der Waals surface area contributed by atoms with Crippen molar-refractivity contribution in [2.45, 2.75) is 42.4 Å². The highest BCUT2D eigenvalue weighted by Crippen LogP contribution is 2.50. The van der Waals surface area contributed by atoms with Gasteiger partial charge >= 0.3 is 13.9 Å². The number of rotatable bonds is 6. The van der Waals surface area contributed by atoms with Crippen LogP contribution in [0.1, 0.15) is 0 Å². The van der Waals surface area contributed by atoms with Gasteiger partial charge in [-0.25, -0.2) is 14.4 Å². The number of phosphoric acid groups is 1. The molecule has 0 amide bonds. The lowest BCUT2D eigenvalue weighted by Gasteiger charge is -2.46. The maximum absolute atomic E-state index is 11.6. The van der Waals surface area contributed by atoms with Gasteiger partial charge in [0.2, 0.25) is 5.79 Å². The fraction of sp³-hybridized carbons (Fsp3) is 1.00. The van der Waals surface area contributed by atoms with Crippen LogP contribution in [0.4, 0.5) is 0 Å². The van der Waals surface area contributed by atoms with Gasteiger partial charge in [-0.05, 0) is 0 Å². The fourth-order valence-corrected chi connectivity index (χ4v) is 2.64. The maximum atomic E-state index is 11.6. The quantitative estimate of drug-likeness (QED) is 0.154. The van der Waals surface area contributed by atoms with Gasteiger partial charge in [0.15, 0.2) is 0 Å². The van der Waals surface area contributed by atoms with Crippen molar-refractivity contribution >= 4 is 7.82 Å². The molecule has 14 nitrogen and oxygen atoms in total. The minimum atomic E-state index is -5.33. The van der Waals surface area contributed by atoms with Crippen molar-refractivity contribution in [2.24, 2.45) is 0 Å². The van der Waals surface area contributed by atoms with Crippen LogP contribution in [-0.4, -0.2) is 100.0 Å². The second-order valence-corrected chi connectivity index (χ2v) is 6.14. The SMILES string of the molecule is O=P(O)(OCNC(O)(O)O)OC1(O)[C@H](O)[C@H](O)C(O)[C@H](O)[C@H]1O. The zero-order valence-electron chi connectivity index (χ0n) is 11.2. The van der Waals surface area contributed by atoms with Gasteiger partial charge in [0.05, 0.1) is 0 Å². The van der Waals surface area contributed by atoms with Gasteiger partial charge in [0.25, 0.3) is 0 Å². The molecule has 1 aliphatic carbocycles. The Balaban J connectivity index is 2.84. The van der Waals surface area contributed by atoms with Crippen LogP contribution in [0.5, 0.6) is 0 Å². The summed E-state index contributed by atoms with van der Waals surface area (Å²) < 4.78 is 19.8. The Bertz CT molecular complexity index is 438. The number of hydrogen-bond acceptors (Lipinski definition) is 13. The topological polar surface area (TPSA) is 250 Å². The molecule has 1 saturated carbocycles. The third-order valence-electron chi connectivity index (χ3n) is 2.99. The second kappa shape index (κ2) is 6.91. The molecule has 1 rings (SSSR count). The molecule has 0 aliphatic heterocycles. The van der Waals surface area contributed by atoms with Crippen molar-refractivity contribution in [3.63, 3.8) is 0 Å². The van der Waals surface area contributed by atoms with Crippen molar-refractivity contribution in [3.8, 4) is 0 Å². The summed E-state index contributed by atoms with van der Waals surface area (Å²) in [4.78, 5) is 9.32. The molecule has 1 aliphatic rings. The molecule has 0 aromatic heterocycles. The van der Waals surface area contributed by atoms with E-state index in [4.69, 9.17) is 15.3 Å². The van der Waals surface area contributed by atoms with E-state index in [2.05, 4.69) is 9.05 Å². The first-order chi connectivity index (χ1) is 10.2. The molecule has 0 heterocycles. The Morgan fingerprint density at radius 2 is 1.43 bits per heavy atom. The van der Waals surface area contributed by atoms with Crippen LogP contribution in [0.25, 0.3) is 0 Å². The highest BCUT2D eigenvalue weighted by molar-refractivity contribution is 7.47. The number of aliphatic hydroxyl groups is 9. The number of nitrogens with one attached hydrogen (secondary N) is 1. The van der Waals surface area contributed by atoms with Crippen LogP contribution in [0, 0.1) is 0 Å². The minimum absolute atomic E-state index is 1.21. The molecule has 1 fully saturated rings. The van der Waals surface area contributed by atoms with Crippen LogP contribution in [-0.2, 0) is 13.6 Å². The van der Waals surface area contributed by atoms with Gasteiger partial charge in [0.1, 0.15) is 37.3 Å². The molecule has 0 spiro atoms. The first kappa shape index (κ1) is 20.8. The Morgan fingerprint density at radius 1 is 1.00 bits per heavy atom. The van der Waals surface area contributed by atoms with Crippen molar-refractivity contribution in [1.29, 1.82) is 0 Å². The fourth-order valence-electron chi connectivity index (χ4n) is 1.77. The summed E-state index contributed by atoms with van der Waals surface area (Å²) in [5.74, 6) is -3.42. The summed E-state index contributed by atoms with van der Waals surface area (Å²) in [6, 6.07) is 0. The van der Waals surface area contributed by atoms with E-state index < -0.39 is 57.0 Å². The molecule has 15 heteroatoms. The molecule has 0 bridgehead atoms. The molecule has 11 N–H and O–H groups in total. The van der Waals surface area contributed by atoms with Gasteiger partial charge in [-0.3, -0.25) is 4.52 Å². The lowest BCUT2D eigenvalue weighted by Crippen LogP contribution is -2.71. The lowest BCUT2D eigenvalue weighted by atomic mass is 9.82. The summed E-state index contributed by atoms with van der Waals surface area (Å²) >= 11 is 0. The number of hydrogen-bond donors (Lipinski definition) is 11. The molecule has 7 atom stereocenters. The van der Waals surface area contributed by atoms with E-state index in [1.165, 1.54) is 5.32 Å². The Hall–Kier alpha value is -0.290. The largest absolute Gasteiger partial charge is 0.476 e. The average molecular weight is 367 g/mol. The lowest BCUT2D eigenvalue weighted by molar-refractivity contribution is -0.340. The Labute approximate surface area is 128 Å². The first-order valence-electron chi connectivity index (χ1n) is 5.94. The van der Waals surface area contributed by atoms with E-state index in [9.17, 15) is 40.1 Å². The van der Waals surface area contributed by atoms with Crippen LogP contribution in [0.15, 0.2) is 0 Å². The summed E-state index contributed by atoms with van der Waals surface area (Å²) in [5, 5.41) is 84.0. The third-order valence-corrected chi connectivity index (χ3v) is 3.97. The molecule has 138 valence electrons. The van der Waals surface area contributed by atoms with E-state index in [0.717, 1.165) is 0 Å². The summed E-state index contributed by atoms with van der Waals surface area (Å²) in [6.45, 7) is -1.21. The van der Waals surface area contributed by atoms with Crippen molar-refractivity contribution in [1.82, 2.24) is 5.32 Å². The molecular weight excluding hydrogens is 349 g/mol. The number of phosphoric ester groups is 1. The van der Waals surface area contributed by atoms with E-state index in [1.807, 2.05) is 0 Å². The van der Waals surface area contributed by atoms with Gasteiger partial charge in [0, 0.05) is 0 Å². The Morgan fingerprint density at radius 3 is 1.83 bits per heavy atom. The predicted octanol–water partition coefficient (Wildman–Crippen LogP) is -6.24. The minimum Gasteiger partial charge on any atom is -0.387 e. The van der Waals surface area contributed by atoms with Gasteiger partial charge in [-0.15, -0.1) is 0 Å². The summed E-state index contributed by atoms with van der Waals surface area (Å²) in [5.41, 5.74) is 0. The second-order valence-electron chi connectivity index (χ2n) is 4.76. The monoisotopic (exact) mass is 367 g/mol. The predicted molar refractivity (Wildman–Crippen MR) is 64.4 cm³/mol. The van der Waals surface area contributed by atoms with Crippen LogP contribution in [0.2, 0.25) is 0 Å². The van der Waals surface area contributed by atoms with E-state index in [-0.39, 0.29) is 0 Å². The molecule has 0 radical (unpaired) electrons. The van der Waals surface area contributed by atoms with Gasteiger partial charge in [-0.2, -0.15) is 0 Å². The smallest absolute Gasteiger partial charge is 0.387 e. The Kier molecular flexibility index (Phi) is 6.23. The maximum Gasteiger partial charge on any atom is 0.476 e. The highest BCUT2D eigenvalue weighted by Gasteiger charge is 2.61. The van der Waals surface area contributed by atoms with Gasteiger partial charge in [-0.1, -0.05) is 0 Å². The zero-order chi connectivity index (χ0) is 18.2. The normalized spacial score (nSPS) is 41.6. The first-order valence-corrected chi connectivity index (χ1v) is 7.44. The molecule has 0 aromatic rings. The van der Waals surface area contributed by atoms with E-state index >= 15 is 0 Å². The summed E-state index contributed by atoms with van der Waals surface area (Å²) in [6.07, 6.45) is -15.1. The van der Waals surface area contributed by atoms with Crippen LogP contribution >= 0.6 is 7.82 Å². The number of aliphatic hydroxyl groups excluding tert-OH is 5. The van der Waals surface area contributed by atoms with Gasteiger partial charge < -0.3 is 50.9 Å². The van der Waals surface area contributed by atoms with Crippen molar-refractivity contribution in [3.05, 3.63) is 0 Å². The molecular formula is C8H18NO13P. The standard InChI is InChI=1S/C8H18NO13P/c10-2-3(11)5(13)7(15,6(14)4(2)12)22-23(19,20)21-1-9-8(16,17)18/h2-6,9-18H,1H2,(H,19,20)/t2?,3-,4+,5-,6-,7?/m1/s1.